The van der Waals surface area contributed by atoms with Crippen molar-refractivity contribution in [2.45, 2.75) is 38.5 Å². The lowest BCUT2D eigenvalue weighted by atomic mass is 10.0. The number of fused-ring (bicyclic) bond motifs is 2. The maximum atomic E-state index is 12.7. The number of rotatable bonds is 1. The quantitative estimate of drug-likeness (QED) is 0.697. The Kier molecular flexibility index (Phi) is 2.89. The Morgan fingerprint density at radius 1 is 1.23 bits per heavy atom. The van der Waals surface area contributed by atoms with Crippen LogP contribution in [-0.2, 0) is 0 Å². The molecule has 1 fully saturated rings. The third-order valence-electron chi connectivity index (χ3n) is 4.58. The summed E-state index contributed by atoms with van der Waals surface area (Å²) >= 11 is 0. The lowest BCUT2D eigenvalue weighted by Crippen LogP contribution is -2.07. The molecular weight excluding hydrogens is 278 g/mol. The average molecular weight is 295 g/mol. The van der Waals surface area contributed by atoms with Gasteiger partial charge in [-0.2, -0.15) is 4.98 Å². The zero-order valence-electron chi connectivity index (χ0n) is 12.4. The molecule has 5 heteroatoms. The molecule has 1 saturated carbocycles. The van der Waals surface area contributed by atoms with Crippen LogP contribution >= 0.6 is 0 Å². The highest BCUT2D eigenvalue weighted by atomic mass is 16.3. The van der Waals surface area contributed by atoms with Gasteiger partial charge in [0.05, 0.1) is 17.0 Å². The highest BCUT2D eigenvalue weighted by Gasteiger charge is 2.20. The van der Waals surface area contributed by atoms with Gasteiger partial charge in [-0.25, -0.2) is 0 Å². The smallest absolute Gasteiger partial charge is 0.232 e. The van der Waals surface area contributed by atoms with Crippen molar-refractivity contribution >= 4 is 27.9 Å². The maximum Gasteiger partial charge on any atom is 0.232 e. The highest BCUT2D eigenvalue weighted by molar-refractivity contribution is 5.88. The molecule has 2 N–H and O–H groups in total. The molecule has 0 aromatic carbocycles. The van der Waals surface area contributed by atoms with E-state index in [-0.39, 0.29) is 11.1 Å². The molecule has 5 nitrogen and oxygen atoms in total. The first-order valence-electron chi connectivity index (χ1n) is 7.63. The molecule has 0 aliphatic heterocycles. The van der Waals surface area contributed by atoms with Gasteiger partial charge in [-0.3, -0.25) is 9.78 Å². The highest BCUT2D eigenvalue weighted by Crippen LogP contribution is 2.33. The number of pyridine rings is 2. The van der Waals surface area contributed by atoms with E-state index >= 15 is 0 Å². The Morgan fingerprint density at radius 2 is 2.00 bits per heavy atom. The molecule has 112 valence electrons. The largest absolute Gasteiger partial charge is 0.436 e. The van der Waals surface area contributed by atoms with Crippen molar-refractivity contribution in [2.24, 2.45) is 0 Å². The number of hydrogen-bond donors (Lipinski definition) is 1. The second-order valence-electron chi connectivity index (χ2n) is 6.06. The zero-order valence-corrected chi connectivity index (χ0v) is 12.4. The van der Waals surface area contributed by atoms with Crippen LogP contribution in [0.3, 0.4) is 0 Å². The Bertz CT molecular complexity index is 940. The summed E-state index contributed by atoms with van der Waals surface area (Å²) in [6.45, 7) is 1.84. The van der Waals surface area contributed by atoms with Gasteiger partial charge >= 0.3 is 0 Å². The fourth-order valence-electron chi connectivity index (χ4n) is 3.26. The minimum absolute atomic E-state index is 0.0616. The van der Waals surface area contributed by atoms with E-state index in [9.17, 15) is 4.79 Å². The predicted octanol–water partition coefficient (Wildman–Crippen LogP) is 3.28. The van der Waals surface area contributed by atoms with Crippen molar-refractivity contribution in [2.75, 3.05) is 5.73 Å². The number of nitrogens with two attached hydrogens (primary N) is 1. The van der Waals surface area contributed by atoms with Crippen molar-refractivity contribution < 1.29 is 4.42 Å². The van der Waals surface area contributed by atoms with E-state index < -0.39 is 0 Å². The molecule has 0 bridgehead atoms. The van der Waals surface area contributed by atoms with Gasteiger partial charge in [-0.1, -0.05) is 12.8 Å². The molecular formula is C17H17N3O2. The third-order valence-corrected chi connectivity index (χ3v) is 4.58. The van der Waals surface area contributed by atoms with Gasteiger partial charge in [0.25, 0.3) is 0 Å². The Morgan fingerprint density at radius 3 is 2.77 bits per heavy atom. The van der Waals surface area contributed by atoms with Crippen LogP contribution in [0.1, 0.15) is 42.9 Å². The number of anilines is 1. The monoisotopic (exact) mass is 295 g/mol. The van der Waals surface area contributed by atoms with Crippen LogP contribution in [0, 0.1) is 6.92 Å². The van der Waals surface area contributed by atoms with Crippen LogP contribution in [0.2, 0.25) is 0 Å². The first kappa shape index (κ1) is 13.2. The Labute approximate surface area is 127 Å². The first-order chi connectivity index (χ1) is 10.6. The van der Waals surface area contributed by atoms with Crippen molar-refractivity contribution in [1.29, 1.82) is 0 Å². The fraction of sp³-hybridized carbons (Fsp3) is 0.353. The predicted molar refractivity (Wildman–Crippen MR) is 85.9 cm³/mol. The van der Waals surface area contributed by atoms with E-state index in [4.69, 9.17) is 10.2 Å². The summed E-state index contributed by atoms with van der Waals surface area (Å²) < 4.78 is 5.73. The molecule has 0 spiro atoms. The van der Waals surface area contributed by atoms with Gasteiger partial charge in [0.15, 0.2) is 5.58 Å². The van der Waals surface area contributed by atoms with Gasteiger partial charge in [-0.15, -0.1) is 0 Å². The summed E-state index contributed by atoms with van der Waals surface area (Å²) in [6, 6.07) is 3.64. The van der Waals surface area contributed by atoms with Crippen molar-refractivity contribution in [3.05, 3.63) is 39.8 Å². The number of aromatic nitrogens is 2. The molecule has 4 rings (SSSR count). The molecule has 1 aliphatic rings. The van der Waals surface area contributed by atoms with Crippen LogP contribution in [0.25, 0.3) is 22.1 Å². The van der Waals surface area contributed by atoms with E-state index in [1.54, 1.807) is 12.3 Å². The van der Waals surface area contributed by atoms with E-state index in [1.165, 1.54) is 12.8 Å². The van der Waals surface area contributed by atoms with Crippen LogP contribution in [0.4, 0.5) is 5.82 Å². The first-order valence-corrected chi connectivity index (χ1v) is 7.63. The Balaban J connectivity index is 1.99. The summed E-state index contributed by atoms with van der Waals surface area (Å²) in [7, 11) is 0. The van der Waals surface area contributed by atoms with E-state index in [2.05, 4.69) is 9.97 Å². The summed E-state index contributed by atoms with van der Waals surface area (Å²) in [5, 5.41) is 1.05. The zero-order chi connectivity index (χ0) is 15.3. The van der Waals surface area contributed by atoms with E-state index in [0.717, 1.165) is 24.1 Å². The van der Waals surface area contributed by atoms with Gasteiger partial charge in [0, 0.05) is 11.6 Å². The van der Waals surface area contributed by atoms with Gasteiger partial charge < -0.3 is 10.2 Å². The maximum absolute atomic E-state index is 12.7. The summed E-state index contributed by atoms with van der Waals surface area (Å²) in [5.41, 5.74) is 8.26. The molecule has 3 aromatic rings. The standard InChI is InChI=1S/C17H17N3O2/c1-9-6-12-15(21)11-7-13(10-4-2-3-5-10)19-8-14(11)22-17(12)20-16(9)18/h6-8,10H,2-5H2,1H3,(H2,18,20). The van der Waals surface area contributed by atoms with Crippen molar-refractivity contribution in [3.8, 4) is 0 Å². The molecule has 0 amide bonds. The average Bonchev–Trinajstić information content (AvgIpc) is 3.04. The van der Waals surface area contributed by atoms with Crippen LogP contribution in [0.5, 0.6) is 0 Å². The molecule has 3 aromatic heterocycles. The SMILES string of the molecule is Cc1cc2c(=O)c3cc(C4CCCC4)ncc3oc2nc1N. The van der Waals surface area contributed by atoms with Crippen molar-refractivity contribution in [3.63, 3.8) is 0 Å². The van der Waals surface area contributed by atoms with Crippen LogP contribution in [0.15, 0.2) is 27.5 Å². The van der Waals surface area contributed by atoms with Crippen molar-refractivity contribution in [1.82, 2.24) is 9.97 Å². The molecule has 0 atom stereocenters. The van der Waals surface area contributed by atoms with Crippen LogP contribution < -0.4 is 11.2 Å². The second-order valence-corrected chi connectivity index (χ2v) is 6.06. The molecule has 0 unspecified atom stereocenters. The van der Waals surface area contributed by atoms with Crippen LogP contribution in [-0.4, -0.2) is 9.97 Å². The number of nitrogens with zero attached hydrogens (tertiary/aromatic N) is 2. The summed E-state index contributed by atoms with van der Waals surface area (Å²) in [6.07, 6.45) is 6.41. The van der Waals surface area contributed by atoms with Gasteiger partial charge in [-0.05, 0) is 37.5 Å². The Hall–Kier alpha value is -2.43. The minimum Gasteiger partial charge on any atom is -0.436 e. The number of hydrogen-bond acceptors (Lipinski definition) is 5. The number of nitrogen functional groups attached to an aromatic ring is 1. The second kappa shape index (κ2) is 4.80. The summed E-state index contributed by atoms with van der Waals surface area (Å²) in [4.78, 5) is 21.4. The minimum atomic E-state index is -0.0616. The normalized spacial score (nSPS) is 15.9. The lowest BCUT2D eigenvalue weighted by molar-refractivity contribution is 0.639. The fourth-order valence-corrected chi connectivity index (χ4v) is 3.26. The van der Waals surface area contributed by atoms with E-state index in [0.29, 0.717) is 28.1 Å². The van der Waals surface area contributed by atoms with Gasteiger partial charge in [0.2, 0.25) is 11.1 Å². The lowest BCUT2D eigenvalue weighted by Gasteiger charge is -2.09. The molecule has 1 aliphatic carbocycles. The summed E-state index contributed by atoms with van der Waals surface area (Å²) in [5.74, 6) is 0.844. The topological polar surface area (TPSA) is 82.0 Å². The van der Waals surface area contributed by atoms with Gasteiger partial charge in [0.1, 0.15) is 5.82 Å². The molecule has 0 radical (unpaired) electrons. The molecule has 22 heavy (non-hydrogen) atoms. The number of aryl methyl sites for hydroxylation is 1. The molecule has 0 saturated heterocycles. The third kappa shape index (κ3) is 1.96. The molecule has 3 heterocycles. The van der Waals surface area contributed by atoms with E-state index in [1.807, 2.05) is 13.0 Å².